The first-order valence-electron chi connectivity index (χ1n) is 7.38. The first-order chi connectivity index (χ1) is 9.72. The molecule has 3 saturated heterocycles. The lowest BCUT2D eigenvalue weighted by Crippen LogP contribution is -2.47. The molecule has 3 heterocycles. The van der Waals surface area contributed by atoms with Gasteiger partial charge in [0.15, 0.2) is 0 Å². The van der Waals surface area contributed by atoms with E-state index < -0.39 is 0 Å². The molecule has 1 aromatic carbocycles. The quantitative estimate of drug-likeness (QED) is 0.830. The molecule has 0 saturated carbocycles. The predicted molar refractivity (Wildman–Crippen MR) is 77.3 cm³/mol. The number of carbonyl (C=O) groups is 1. The maximum absolute atomic E-state index is 12.3. The Bertz CT molecular complexity index is 463. The highest BCUT2D eigenvalue weighted by atomic mass is 16.6. The number of carbonyl (C=O) groups excluding carboxylic acids is 1. The maximum atomic E-state index is 12.3. The van der Waals surface area contributed by atoms with E-state index in [1.54, 1.807) is 0 Å². The molecule has 0 N–H and O–H groups in total. The number of amides is 1. The Morgan fingerprint density at radius 1 is 1.20 bits per heavy atom. The van der Waals surface area contributed by atoms with Crippen LogP contribution in [0.4, 0.5) is 4.79 Å². The third-order valence-corrected chi connectivity index (χ3v) is 4.34. The fraction of sp³-hybridized carbons (Fsp3) is 0.562. The number of fused-ring (bicyclic) bond motifs is 4. The van der Waals surface area contributed by atoms with Crippen molar-refractivity contribution in [1.29, 1.82) is 0 Å². The third-order valence-electron chi connectivity index (χ3n) is 4.34. The minimum atomic E-state index is -0.154. The molecule has 4 rings (SSSR count). The summed E-state index contributed by atoms with van der Waals surface area (Å²) >= 11 is 0. The van der Waals surface area contributed by atoms with E-state index >= 15 is 0 Å². The molecule has 2 bridgehead atoms. The van der Waals surface area contributed by atoms with E-state index in [4.69, 9.17) is 4.74 Å². The molecule has 4 nitrogen and oxygen atoms in total. The zero-order valence-corrected chi connectivity index (χ0v) is 12.0. The van der Waals surface area contributed by atoms with Gasteiger partial charge in [-0.3, -0.25) is 0 Å². The van der Waals surface area contributed by atoms with Crippen molar-refractivity contribution in [3.63, 3.8) is 0 Å². The van der Waals surface area contributed by atoms with Gasteiger partial charge in [-0.25, -0.2) is 4.79 Å². The van der Waals surface area contributed by atoms with Crippen LogP contribution >= 0.6 is 0 Å². The van der Waals surface area contributed by atoms with E-state index in [2.05, 4.69) is 11.9 Å². The zero-order valence-electron chi connectivity index (χ0n) is 12.0. The number of ether oxygens (including phenoxy) is 1. The molecule has 1 aromatic rings. The molecule has 0 aliphatic carbocycles. The predicted octanol–water partition coefficient (Wildman–Crippen LogP) is 2.35. The maximum Gasteiger partial charge on any atom is 0.410 e. The second kappa shape index (κ2) is 5.83. The molecule has 4 heteroatoms. The van der Waals surface area contributed by atoms with Crippen molar-refractivity contribution in [2.45, 2.75) is 25.5 Å². The van der Waals surface area contributed by atoms with Gasteiger partial charge >= 0.3 is 6.09 Å². The van der Waals surface area contributed by atoms with E-state index in [1.807, 2.05) is 35.2 Å². The summed E-state index contributed by atoms with van der Waals surface area (Å²) < 4.78 is 5.48. The molecule has 1 amide bonds. The minimum absolute atomic E-state index is 0.154. The fourth-order valence-electron chi connectivity index (χ4n) is 3.34. The number of benzene rings is 1. The van der Waals surface area contributed by atoms with E-state index in [-0.39, 0.29) is 6.09 Å². The van der Waals surface area contributed by atoms with Crippen LogP contribution < -0.4 is 0 Å². The topological polar surface area (TPSA) is 32.8 Å². The lowest BCUT2D eigenvalue weighted by molar-refractivity contribution is 0.0635. The summed E-state index contributed by atoms with van der Waals surface area (Å²) in [6, 6.07) is 10.2. The molecular weight excluding hydrogens is 252 g/mol. The van der Waals surface area contributed by atoms with Crippen LogP contribution in [0.15, 0.2) is 30.3 Å². The van der Waals surface area contributed by atoms with Crippen molar-refractivity contribution in [1.82, 2.24) is 9.80 Å². The highest BCUT2D eigenvalue weighted by Gasteiger charge is 2.36. The van der Waals surface area contributed by atoms with Crippen molar-refractivity contribution in [2.75, 3.05) is 26.7 Å². The van der Waals surface area contributed by atoms with Gasteiger partial charge in [0.25, 0.3) is 0 Å². The Balaban J connectivity index is 1.60. The average Bonchev–Trinajstić information content (AvgIpc) is 2.74. The number of rotatable bonds is 2. The SMILES string of the molecule is CN1C[C@H]2CC[C@@H](C1)N(C(=O)OCc1ccccc1)C2. The number of likely N-dealkylation sites (N-methyl/N-ethyl adjacent to an activating group) is 1. The summed E-state index contributed by atoms with van der Waals surface area (Å²) in [4.78, 5) is 16.6. The van der Waals surface area contributed by atoms with E-state index in [0.717, 1.165) is 31.6 Å². The minimum Gasteiger partial charge on any atom is -0.445 e. The Labute approximate surface area is 120 Å². The number of hydrogen-bond donors (Lipinski definition) is 0. The smallest absolute Gasteiger partial charge is 0.410 e. The molecule has 0 aromatic heterocycles. The Kier molecular flexibility index (Phi) is 3.92. The van der Waals surface area contributed by atoms with Crippen LogP contribution in [-0.2, 0) is 11.3 Å². The molecular formula is C16H22N2O2. The number of nitrogens with zero attached hydrogens (tertiary/aromatic N) is 2. The Hall–Kier alpha value is -1.55. The van der Waals surface area contributed by atoms with E-state index in [0.29, 0.717) is 18.6 Å². The lowest BCUT2D eigenvalue weighted by Gasteiger charge is -2.35. The Morgan fingerprint density at radius 3 is 2.80 bits per heavy atom. The van der Waals surface area contributed by atoms with Gasteiger partial charge in [-0.2, -0.15) is 0 Å². The standard InChI is InChI=1S/C16H22N2O2/c1-17-9-14-7-8-15(11-17)18(10-14)16(19)20-12-13-5-3-2-4-6-13/h2-6,14-15H,7-12H2,1H3/t14-,15+/m1/s1. The van der Waals surface area contributed by atoms with Crippen molar-refractivity contribution >= 4 is 6.09 Å². The van der Waals surface area contributed by atoms with Gasteiger partial charge in [-0.05, 0) is 31.4 Å². The summed E-state index contributed by atoms with van der Waals surface area (Å²) in [5, 5.41) is 0. The number of hydrogen-bond acceptors (Lipinski definition) is 3. The molecule has 0 unspecified atom stereocenters. The van der Waals surface area contributed by atoms with Crippen molar-refractivity contribution < 1.29 is 9.53 Å². The highest BCUT2D eigenvalue weighted by molar-refractivity contribution is 5.68. The molecule has 3 fully saturated rings. The average molecular weight is 274 g/mol. The largest absolute Gasteiger partial charge is 0.445 e. The van der Waals surface area contributed by atoms with Gasteiger partial charge in [0, 0.05) is 25.7 Å². The van der Waals surface area contributed by atoms with Crippen LogP contribution in [0.1, 0.15) is 18.4 Å². The van der Waals surface area contributed by atoms with Gasteiger partial charge in [-0.1, -0.05) is 30.3 Å². The van der Waals surface area contributed by atoms with Gasteiger partial charge in [-0.15, -0.1) is 0 Å². The summed E-state index contributed by atoms with van der Waals surface area (Å²) in [7, 11) is 2.14. The Morgan fingerprint density at radius 2 is 2.00 bits per heavy atom. The first kappa shape index (κ1) is 13.4. The van der Waals surface area contributed by atoms with Gasteiger partial charge in [0.1, 0.15) is 6.61 Å². The number of piperidine rings is 1. The van der Waals surface area contributed by atoms with Crippen molar-refractivity contribution in [3.05, 3.63) is 35.9 Å². The summed E-state index contributed by atoms with van der Waals surface area (Å²) in [6.07, 6.45) is 2.19. The summed E-state index contributed by atoms with van der Waals surface area (Å²) in [6.45, 7) is 3.28. The van der Waals surface area contributed by atoms with E-state index in [9.17, 15) is 4.79 Å². The van der Waals surface area contributed by atoms with Crippen LogP contribution in [0.25, 0.3) is 0 Å². The summed E-state index contributed by atoms with van der Waals surface area (Å²) in [5.41, 5.74) is 1.04. The highest BCUT2D eigenvalue weighted by Crippen LogP contribution is 2.27. The molecule has 0 spiro atoms. The third kappa shape index (κ3) is 2.96. The van der Waals surface area contributed by atoms with Crippen molar-refractivity contribution in [2.24, 2.45) is 5.92 Å². The van der Waals surface area contributed by atoms with Gasteiger partial charge in [0.05, 0.1) is 0 Å². The van der Waals surface area contributed by atoms with Crippen LogP contribution in [0, 0.1) is 5.92 Å². The molecule has 3 aliphatic heterocycles. The molecule has 2 atom stereocenters. The monoisotopic (exact) mass is 274 g/mol. The molecule has 0 radical (unpaired) electrons. The second-order valence-electron chi connectivity index (χ2n) is 6.01. The molecule has 3 aliphatic rings. The van der Waals surface area contributed by atoms with Crippen LogP contribution in [-0.4, -0.2) is 48.6 Å². The van der Waals surface area contributed by atoms with Crippen LogP contribution in [0.3, 0.4) is 0 Å². The fourth-order valence-corrected chi connectivity index (χ4v) is 3.34. The molecule has 108 valence electrons. The first-order valence-corrected chi connectivity index (χ1v) is 7.38. The lowest BCUT2D eigenvalue weighted by atomic mass is 9.95. The zero-order chi connectivity index (χ0) is 13.9. The summed E-state index contributed by atoms with van der Waals surface area (Å²) in [5.74, 6) is 0.600. The van der Waals surface area contributed by atoms with Crippen LogP contribution in [0.5, 0.6) is 0 Å². The van der Waals surface area contributed by atoms with Crippen molar-refractivity contribution in [3.8, 4) is 0 Å². The van der Waals surface area contributed by atoms with Gasteiger partial charge in [0.2, 0.25) is 0 Å². The normalized spacial score (nSPS) is 26.4. The second-order valence-corrected chi connectivity index (χ2v) is 6.01. The van der Waals surface area contributed by atoms with E-state index in [1.165, 1.54) is 6.42 Å². The van der Waals surface area contributed by atoms with Crippen LogP contribution in [0.2, 0.25) is 0 Å². The van der Waals surface area contributed by atoms with Gasteiger partial charge < -0.3 is 14.5 Å². The molecule has 20 heavy (non-hydrogen) atoms.